The number of anilines is 1. The van der Waals surface area contributed by atoms with E-state index in [0.29, 0.717) is 22.9 Å². The summed E-state index contributed by atoms with van der Waals surface area (Å²) in [5, 5.41) is 2.75. The average Bonchev–Trinajstić information content (AvgIpc) is 2.53. The number of methoxy groups -OCH3 is 2. The monoisotopic (exact) mass is 301 g/mol. The van der Waals surface area contributed by atoms with Crippen LogP contribution in [0.25, 0.3) is 0 Å². The molecule has 0 bridgehead atoms. The second kappa shape index (κ2) is 7.36. The van der Waals surface area contributed by atoms with E-state index >= 15 is 0 Å². The number of carbonyl (C=O) groups is 1. The highest BCUT2D eigenvalue weighted by Gasteiger charge is 2.08. The van der Waals surface area contributed by atoms with Crippen LogP contribution in [0.1, 0.15) is 5.56 Å². The molecule has 0 spiro atoms. The van der Waals surface area contributed by atoms with Gasteiger partial charge in [-0.05, 0) is 36.8 Å². The van der Waals surface area contributed by atoms with E-state index in [4.69, 9.17) is 14.2 Å². The number of ether oxygens (including phenoxy) is 3. The third-order valence-corrected chi connectivity index (χ3v) is 3.03. The fourth-order valence-electron chi connectivity index (χ4n) is 1.97. The number of amides is 1. The maximum absolute atomic E-state index is 11.9. The molecule has 2 rings (SSSR count). The molecule has 0 saturated heterocycles. The molecule has 0 atom stereocenters. The van der Waals surface area contributed by atoms with Gasteiger partial charge in [0.05, 0.1) is 14.2 Å². The SMILES string of the molecule is COc1ccc(NC(=O)COc2cccc(C)c2)cc1OC. The lowest BCUT2D eigenvalue weighted by Crippen LogP contribution is -2.20. The predicted octanol–water partition coefficient (Wildman–Crippen LogP) is 3.03. The summed E-state index contributed by atoms with van der Waals surface area (Å²) in [4.78, 5) is 11.9. The van der Waals surface area contributed by atoms with Crippen molar-refractivity contribution in [1.29, 1.82) is 0 Å². The molecule has 0 unspecified atom stereocenters. The van der Waals surface area contributed by atoms with Crippen LogP contribution in [-0.4, -0.2) is 26.7 Å². The normalized spacial score (nSPS) is 9.95. The van der Waals surface area contributed by atoms with Gasteiger partial charge in [-0.15, -0.1) is 0 Å². The molecule has 0 aliphatic rings. The molecule has 22 heavy (non-hydrogen) atoms. The molecule has 0 radical (unpaired) electrons. The van der Waals surface area contributed by atoms with Crippen LogP contribution in [0.2, 0.25) is 0 Å². The quantitative estimate of drug-likeness (QED) is 0.891. The molecule has 1 amide bonds. The third-order valence-electron chi connectivity index (χ3n) is 3.03. The van der Waals surface area contributed by atoms with Crippen molar-refractivity contribution < 1.29 is 19.0 Å². The first-order valence-corrected chi connectivity index (χ1v) is 6.83. The highest BCUT2D eigenvalue weighted by atomic mass is 16.5. The first-order valence-electron chi connectivity index (χ1n) is 6.83. The van der Waals surface area contributed by atoms with E-state index < -0.39 is 0 Å². The van der Waals surface area contributed by atoms with E-state index in [9.17, 15) is 4.79 Å². The molecule has 0 aliphatic carbocycles. The Morgan fingerprint density at radius 3 is 2.50 bits per heavy atom. The number of nitrogens with one attached hydrogen (secondary N) is 1. The molecule has 0 fully saturated rings. The van der Waals surface area contributed by atoms with Crippen molar-refractivity contribution in [3.63, 3.8) is 0 Å². The van der Waals surface area contributed by atoms with Gasteiger partial charge in [-0.1, -0.05) is 12.1 Å². The lowest BCUT2D eigenvalue weighted by molar-refractivity contribution is -0.118. The van der Waals surface area contributed by atoms with Crippen molar-refractivity contribution in [2.24, 2.45) is 0 Å². The standard InChI is InChI=1S/C17H19NO4/c1-12-5-4-6-14(9-12)22-11-17(19)18-13-7-8-15(20-2)16(10-13)21-3/h4-10H,11H2,1-3H3,(H,18,19). The zero-order valence-electron chi connectivity index (χ0n) is 12.9. The van der Waals surface area contributed by atoms with Gasteiger partial charge in [-0.3, -0.25) is 4.79 Å². The van der Waals surface area contributed by atoms with E-state index in [1.165, 1.54) is 0 Å². The zero-order chi connectivity index (χ0) is 15.9. The fraction of sp³-hybridized carbons (Fsp3) is 0.235. The Labute approximate surface area is 129 Å². The van der Waals surface area contributed by atoms with Crippen molar-refractivity contribution in [1.82, 2.24) is 0 Å². The molecule has 2 aromatic rings. The van der Waals surface area contributed by atoms with Gasteiger partial charge in [0.15, 0.2) is 18.1 Å². The van der Waals surface area contributed by atoms with Gasteiger partial charge in [-0.2, -0.15) is 0 Å². The molecule has 5 heteroatoms. The molecule has 5 nitrogen and oxygen atoms in total. The van der Waals surface area contributed by atoms with Crippen molar-refractivity contribution in [2.75, 3.05) is 26.1 Å². The van der Waals surface area contributed by atoms with Crippen molar-refractivity contribution in [2.45, 2.75) is 6.92 Å². The average molecular weight is 301 g/mol. The minimum absolute atomic E-state index is 0.0577. The zero-order valence-corrected chi connectivity index (χ0v) is 12.9. The van der Waals surface area contributed by atoms with Gasteiger partial charge in [0, 0.05) is 11.8 Å². The Bertz CT molecular complexity index is 655. The van der Waals surface area contributed by atoms with Gasteiger partial charge in [0.1, 0.15) is 5.75 Å². The topological polar surface area (TPSA) is 56.8 Å². The lowest BCUT2D eigenvalue weighted by Gasteiger charge is -2.11. The summed E-state index contributed by atoms with van der Waals surface area (Å²) in [6, 6.07) is 12.7. The van der Waals surface area contributed by atoms with Crippen LogP contribution in [-0.2, 0) is 4.79 Å². The highest BCUT2D eigenvalue weighted by molar-refractivity contribution is 5.92. The van der Waals surface area contributed by atoms with Crippen molar-refractivity contribution in [3.05, 3.63) is 48.0 Å². The van der Waals surface area contributed by atoms with E-state index in [1.807, 2.05) is 31.2 Å². The number of hydrogen-bond acceptors (Lipinski definition) is 4. The van der Waals surface area contributed by atoms with Crippen LogP contribution < -0.4 is 19.5 Å². The Kier molecular flexibility index (Phi) is 5.25. The van der Waals surface area contributed by atoms with Gasteiger partial charge >= 0.3 is 0 Å². The van der Waals surface area contributed by atoms with E-state index in [2.05, 4.69) is 5.32 Å². The first kappa shape index (κ1) is 15.7. The molecule has 116 valence electrons. The fourth-order valence-corrected chi connectivity index (χ4v) is 1.97. The number of rotatable bonds is 6. The van der Waals surface area contributed by atoms with Gasteiger partial charge in [0.25, 0.3) is 5.91 Å². The number of aryl methyl sites for hydroxylation is 1. The summed E-state index contributed by atoms with van der Waals surface area (Å²) in [6.07, 6.45) is 0. The second-order valence-corrected chi connectivity index (χ2v) is 4.72. The molecule has 0 aliphatic heterocycles. The number of hydrogen-bond donors (Lipinski definition) is 1. The Balaban J connectivity index is 1.94. The van der Waals surface area contributed by atoms with Gasteiger partial charge in [0.2, 0.25) is 0 Å². The summed E-state index contributed by atoms with van der Waals surface area (Å²) in [7, 11) is 3.11. The first-order chi connectivity index (χ1) is 10.6. The Hall–Kier alpha value is -2.69. The van der Waals surface area contributed by atoms with Crippen LogP contribution >= 0.6 is 0 Å². The predicted molar refractivity (Wildman–Crippen MR) is 84.8 cm³/mol. The van der Waals surface area contributed by atoms with Crippen LogP contribution in [0.4, 0.5) is 5.69 Å². The Morgan fingerprint density at radius 2 is 1.82 bits per heavy atom. The van der Waals surface area contributed by atoms with Gasteiger partial charge in [-0.25, -0.2) is 0 Å². The second-order valence-electron chi connectivity index (χ2n) is 4.72. The van der Waals surface area contributed by atoms with Crippen molar-refractivity contribution >= 4 is 11.6 Å². The Morgan fingerprint density at radius 1 is 1.05 bits per heavy atom. The summed E-state index contributed by atoms with van der Waals surface area (Å²) < 4.78 is 15.8. The van der Waals surface area contributed by atoms with Gasteiger partial charge < -0.3 is 19.5 Å². The summed E-state index contributed by atoms with van der Waals surface area (Å²) >= 11 is 0. The van der Waals surface area contributed by atoms with Crippen molar-refractivity contribution in [3.8, 4) is 17.2 Å². The van der Waals surface area contributed by atoms with Crippen LogP contribution in [0.15, 0.2) is 42.5 Å². The number of benzene rings is 2. The highest BCUT2D eigenvalue weighted by Crippen LogP contribution is 2.29. The minimum Gasteiger partial charge on any atom is -0.493 e. The van der Waals surface area contributed by atoms with E-state index in [-0.39, 0.29) is 12.5 Å². The molecule has 0 aromatic heterocycles. The molecular formula is C17H19NO4. The lowest BCUT2D eigenvalue weighted by atomic mass is 10.2. The molecule has 2 aromatic carbocycles. The smallest absolute Gasteiger partial charge is 0.262 e. The summed E-state index contributed by atoms with van der Waals surface area (Å²) in [5.74, 6) is 1.59. The molecular weight excluding hydrogens is 282 g/mol. The van der Waals surface area contributed by atoms with Crippen LogP contribution in [0, 0.1) is 6.92 Å². The van der Waals surface area contributed by atoms with E-state index in [0.717, 1.165) is 5.56 Å². The number of carbonyl (C=O) groups excluding carboxylic acids is 1. The van der Waals surface area contributed by atoms with E-state index in [1.54, 1.807) is 32.4 Å². The maximum atomic E-state index is 11.9. The molecule has 0 saturated carbocycles. The van der Waals surface area contributed by atoms with Crippen LogP contribution in [0.5, 0.6) is 17.2 Å². The third kappa shape index (κ3) is 4.15. The summed E-state index contributed by atoms with van der Waals surface area (Å²) in [5.41, 5.74) is 1.70. The molecule has 0 heterocycles. The summed E-state index contributed by atoms with van der Waals surface area (Å²) in [6.45, 7) is 1.91. The largest absolute Gasteiger partial charge is 0.493 e. The maximum Gasteiger partial charge on any atom is 0.262 e. The van der Waals surface area contributed by atoms with Crippen LogP contribution in [0.3, 0.4) is 0 Å². The minimum atomic E-state index is -0.242. The molecule has 1 N–H and O–H groups in total.